The van der Waals surface area contributed by atoms with Gasteiger partial charge in [0.15, 0.2) is 0 Å². The SMILES string of the molecule is CC(C)(CO)[C@H](N)c1c([N+](=O)[O-])ccc(Cl)c1O. The molecule has 1 aromatic carbocycles. The summed E-state index contributed by atoms with van der Waals surface area (Å²) in [5.41, 5.74) is 4.70. The van der Waals surface area contributed by atoms with Crippen LogP contribution in [0.3, 0.4) is 0 Å². The minimum Gasteiger partial charge on any atom is -0.506 e. The molecule has 1 atom stereocenters. The molecule has 0 amide bonds. The lowest BCUT2D eigenvalue weighted by atomic mass is 9.81. The first kappa shape index (κ1) is 14.7. The van der Waals surface area contributed by atoms with E-state index in [-0.39, 0.29) is 22.9 Å². The zero-order valence-electron chi connectivity index (χ0n) is 10.1. The number of aliphatic hydroxyl groups is 1. The number of nitro benzene ring substituents is 1. The van der Waals surface area contributed by atoms with E-state index in [0.717, 1.165) is 0 Å². The van der Waals surface area contributed by atoms with Crippen LogP contribution in [-0.2, 0) is 0 Å². The molecule has 0 aromatic heterocycles. The van der Waals surface area contributed by atoms with Gasteiger partial charge < -0.3 is 15.9 Å². The van der Waals surface area contributed by atoms with Crippen molar-refractivity contribution in [3.63, 3.8) is 0 Å². The Morgan fingerprint density at radius 1 is 1.56 bits per heavy atom. The molecule has 0 aliphatic carbocycles. The van der Waals surface area contributed by atoms with Gasteiger partial charge in [0.1, 0.15) is 5.75 Å². The number of nitrogens with two attached hydrogens (primary N) is 1. The van der Waals surface area contributed by atoms with Gasteiger partial charge in [0, 0.05) is 24.1 Å². The van der Waals surface area contributed by atoms with Gasteiger partial charge in [0.2, 0.25) is 0 Å². The third-order valence-electron chi connectivity index (χ3n) is 2.90. The summed E-state index contributed by atoms with van der Waals surface area (Å²) in [5.74, 6) is -0.417. The van der Waals surface area contributed by atoms with Gasteiger partial charge in [-0.2, -0.15) is 0 Å². The normalized spacial score (nSPS) is 13.4. The number of nitro groups is 1. The van der Waals surface area contributed by atoms with E-state index in [1.165, 1.54) is 12.1 Å². The van der Waals surface area contributed by atoms with Crippen molar-refractivity contribution in [3.05, 3.63) is 32.8 Å². The van der Waals surface area contributed by atoms with Crippen LogP contribution in [0.2, 0.25) is 5.02 Å². The average Bonchev–Trinajstić information content (AvgIpc) is 2.31. The molecule has 0 aliphatic heterocycles. The van der Waals surface area contributed by atoms with Crippen LogP contribution in [-0.4, -0.2) is 21.7 Å². The van der Waals surface area contributed by atoms with E-state index in [2.05, 4.69) is 0 Å². The highest BCUT2D eigenvalue weighted by Gasteiger charge is 2.35. The first-order valence-electron chi connectivity index (χ1n) is 5.24. The van der Waals surface area contributed by atoms with E-state index in [1.807, 2.05) is 0 Å². The summed E-state index contributed by atoms with van der Waals surface area (Å²) in [6.07, 6.45) is 0. The maximum atomic E-state index is 10.9. The van der Waals surface area contributed by atoms with E-state index in [9.17, 15) is 20.3 Å². The number of phenols is 1. The van der Waals surface area contributed by atoms with E-state index in [1.54, 1.807) is 13.8 Å². The van der Waals surface area contributed by atoms with Crippen molar-refractivity contribution in [2.24, 2.45) is 11.1 Å². The average molecular weight is 275 g/mol. The Morgan fingerprint density at radius 3 is 2.56 bits per heavy atom. The minimum atomic E-state index is -0.915. The summed E-state index contributed by atoms with van der Waals surface area (Å²) in [7, 11) is 0. The largest absolute Gasteiger partial charge is 0.506 e. The quantitative estimate of drug-likeness (QED) is 0.574. The van der Waals surface area contributed by atoms with Gasteiger partial charge in [0.05, 0.1) is 15.5 Å². The van der Waals surface area contributed by atoms with Crippen molar-refractivity contribution in [1.82, 2.24) is 0 Å². The Morgan fingerprint density at radius 2 is 2.11 bits per heavy atom. The Kier molecular flexibility index (Phi) is 4.16. The lowest BCUT2D eigenvalue weighted by molar-refractivity contribution is -0.386. The molecule has 18 heavy (non-hydrogen) atoms. The third-order valence-corrected chi connectivity index (χ3v) is 3.21. The zero-order valence-corrected chi connectivity index (χ0v) is 10.8. The van der Waals surface area contributed by atoms with Gasteiger partial charge >= 0.3 is 0 Å². The molecule has 0 saturated carbocycles. The van der Waals surface area contributed by atoms with Crippen LogP contribution in [0.5, 0.6) is 5.75 Å². The van der Waals surface area contributed by atoms with Gasteiger partial charge in [0.25, 0.3) is 5.69 Å². The lowest BCUT2D eigenvalue weighted by Crippen LogP contribution is -2.33. The van der Waals surface area contributed by atoms with E-state index in [0.29, 0.717) is 0 Å². The molecule has 0 unspecified atom stereocenters. The van der Waals surface area contributed by atoms with Gasteiger partial charge in [-0.05, 0) is 6.07 Å². The van der Waals surface area contributed by atoms with Gasteiger partial charge in [-0.25, -0.2) is 0 Å². The Balaban J connectivity index is 3.46. The number of phenolic OH excluding ortho intramolecular Hbond substituents is 1. The number of aliphatic hydroxyl groups excluding tert-OH is 1. The van der Waals surface area contributed by atoms with E-state index < -0.39 is 22.1 Å². The van der Waals surface area contributed by atoms with Crippen molar-refractivity contribution < 1.29 is 15.1 Å². The second kappa shape index (κ2) is 5.09. The molecule has 1 aromatic rings. The van der Waals surface area contributed by atoms with Crippen LogP contribution in [0.15, 0.2) is 12.1 Å². The molecule has 0 heterocycles. The first-order chi connectivity index (χ1) is 8.22. The predicted octanol–water partition coefficient (Wildman–Crippen LogP) is 1.97. The minimum absolute atomic E-state index is 0.0141. The predicted molar refractivity (Wildman–Crippen MR) is 67.6 cm³/mol. The fraction of sp³-hybridized carbons (Fsp3) is 0.455. The van der Waals surface area contributed by atoms with Gasteiger partial charge in [-0.15, -0.1) is 0 Å². The van der Waals surface area contributed by atoms with Crippen LogP contribution >= 0.6 is 11.6 Å². The number of hydrogen-bond donors (Lipinski definition) is 3. The highest BCUT2D eigenvalue weighted by molar-refractivity contribution is 6.32. The first-order valence-corrected chi connectivity index (χ1v) is 5.62. The molecule has 0 aliphatic rings. The molecule has 7 heteroatoms. The van der Waals surface area contributed by atoms with Crippen molar-refractivity contribution >= 4 is 17.3 Å². The molecule has 100 valence electrons. The number of nitrogens with zero attached hydrogens (tertiary/aromatic N) is 1. The van der Waals surface area contributed by atoms with Crippen LogP contribution in [0.25, 0.3) is 0 Å². The smallest absolute Gasteiger partial charge is 0.278 e. The summed E-state index contributed by atoms with van der Waals surface area (Å²) in [6, 6.07) is 1.50. The number of rotatable bonds is 4. The second-order valence-electron chi connectivity index (χ2n) is 4.71. The number of hydrogen-bond acceptors (Lipinski definition) is 5. The molecule has 0 radical (unpaired) electrons. The topological polar surface area (TPSA) is 110 Å². The number of benzene rings is 1. The molecule has 6 nitrogen and oxygen atoms in total. The molecule has 1 rings (SSSR count). The fourth-order valence-electron chi connectivity index (χ4n) is 1.53. The summed E-state index contributed by atoms with van der Waals surface area (Å²) < 4.78 is 0. The van der Waals surface area contributed by atoms with Crippen LogP contribution in [0.1, 0.15) is 25.5 Å². The number of halogens is 1. The fourth-order valence-corrected chi connectivity index (χ4v) is 1.69. The van der Waals surface area contributed by atoms with Gasteiger partial charge in [-0.3, -0.25) is 10.1 Å². The standard InChI is InChI=1S/C11H15ClN2O4/c1-11(2,5-15)10(13)8-7(14(17)18)4-3-6(12)9(8)16/h3-4,10,15-16H,5,13H2,1-2H3/t10-/m1/s1. The van der Waals surface area contributed by atoms with Crippen molar-refractivity contribution in [2.75, 3.05) is 6.61 Å². The van der Waals surface area contributed by atoms with Crippen LogP contribution < -0.4 is 5.73 Å². The second-order valence-corrected chi connectivity index (χ2v) is 5.12. The summed E-state index contributed by atoms with van der Waals surface area (Å²) >= 11 is 5.74. The molecule has 0 bridgehead atoms. The van der Waals surface area contributed by atoms with Crippen LogP contribution in [0.4, 0.5) is 5.69 Å². The molecule has 0 fully saturated rings. The maximum Gasteiger partial charge on any atom is 0.278 e. The van der Waals surface area contributed by atoms with E-state index >= 15 is 0 Å². The molecule has 4 N–H and O–H groups in total. The summed E-state index contributed by atoms with van der Waals surface area (Å²) in [6.45, 7) is 3.00. The third kappa shape index (κ3) is 2.55. The Labute approximate surface area is 109 Å². The summed E-state index contributed by atoms with van der Waals surface area (Å²) in [5, 5.41) is 30.0. The Bertz CT molecular complexity index is 476. The van der Waals surface area contributed by atoms with E-state index in [4.69, 9.17) is 17.3 Å². The zero-order chi connectivity index (χ0) is 14.1. The number of aromatic hydroxyl groups is 1. The Hall–Kier alpha value is -1.37. The van der Waals surface area contributed by atoms with Crippen LogP contribution in [0, 0.1) is 15.5 Å². The molecular weight excluding hydrogens is 260 g/mol. The lowest BCUT2D eigenvalue weighted by Gasteiger charge is -2.29. The van der Waals surface area contributed by atoms with Crippen molar-refractivity contribution in [2.45, 2.75) is 19.9 Å². The highest BCUT2D eigenvalue weighted by Crippen LogP contribution is 2.43. The highest BCUT2D eigenvalue weighted by atomic mass is 35.5. The molecule has 0 spiro atoms. The maximum absolute atomic E-state index is 10.9. The molecule has 0 saturated heterocycles. The van der Waals surface area contributed by atoms with Gasteiger partial charge in [-0.1, -0.05) is 25.4 Å². The molecular formula is C11H15ClN2O4. The monoisotopic (exact) mass is 274 g/mol. The van der Waals surface area contributed by atoms with Crippen molar-refractivity contribution in [1.29, 1.82) is 0 Å². The van der Waals surface area contributed by atoms with Crippen molar-refractivity contribution in [3.8, 4) is 5.75 Å². The summed E-state index contributed by atoms with van der Waals surface area (Å²) in [4.78, 5) is 10.3.